The first-order valence-corrected chi connectivity index (χ1v) is 10.2. The van der Waals surface area contributed by atoms with Crippen molar-refractivity contribution in [3.63, 3.8) is 0 Å². The second-order valence-corrected chi connectivity index (χ2v) is 7.41. The first-order chi connectivity index (χ1) is 15.6. The summed E-state index contributed by atoms with van der Waals surface area (Å²) >= 11 is 0. The van der Waals surface area contributed by atoms with Gasteiger partial charge >= 0.3 is 0 Å². The lowest BCUT2D eigenvalue weighted by Crippen LogP contribution is -2.34. The molecule has 0 radical (unpaired) electrons. The molecule has 1 atom stereocenters. The van der Waals surface area contributed by atoms with Gasteiger partial charge < -0.3 is 10.1 Å². The molecule has 2 amide bonds. The summed E-state index contributed by atoms with van der Waals surface area (Å²) in [6.07, 6.45) is 1.64. The summed E-state index contributed by atoms with van der Waals surface area (Å²) in [5.41, 5.74) is 3.99. The van der Waals surface area contributed by atoms with E-state index in [4.69, 9.17) is 4.74 Å². The Balaban J connectivity index is 1.49. The Labute approximate surface area is 185 Å². The average molecular weight is 425 g/mol. The van der Waals surface area contributed by atoms with Crippen LogP contribution in [0.15, 0.2) is 84.0 Å². The number of hydrogen-bond donors (Lipinski definition) is 2. The minimum Gasteiger partial charge on any atom is -0.497 e. The fourth-order valence-electron chi connectivity index (χ4n) is 3.49. The molecule has 6 nitrogen and oxygen atoms in total. The van der Waals surface area contributed by atoms with Gasteiger partial charge in [0.2, 0.25) is 5.91 Å². The molecule has 0 heterocycles. The van der Waals surface area contributed by atoms with Gasteiger partial charge in [-0.3, -0.25) is 9.59 Å². The van der Waals surface area contributed by atoms with Gasteiger partial charge in [0.15, 0.2) is 0 Å². The number of nitrogens with zero attached hydrogens (tertiary/aromatic N) is 1. The molecule has 4 aromatic rings. The highest BCUT2D eigenvalue weighted by molar-refractivity contribution is 6.13. The van der Waals surface area contributed by atoms with Crippen LogP contribution in [0.4, 0.5) is 5.69 Å². The fraction of sp³-hybridized carbons (Fsp3) is 0.115. The molecule has 0 aliphatic heterocycles. The first-order valence-electron chi connectivity index (χ1n) is 10.2. The van der Waals surface area contributed by atoms with E-state index >= 15 is 0 Å². The van der Waals surface area contributed by atoms with Gasteiger partial charge in [-0.1, -0.05) is 48.5 Å². The Morgan fingerprint density at radius 2 is 1.47 bits per heavy atom. The third-order valence-electron chi connectivity index (χ3n) is 5.33. The summed E-state index contributed by atoms with van der Waals surface area (Å²) in [4.78, 5) is 24.9. The zero-order chi connectivity index (χ0) is 22.5. The molecule has 0 bridgehead atoms. The smallest absolute Gasteiger partial charge is 0.252 e. The van der Waals surface area contributed by atoms with Gasteiger partial charge in [0.1, 0.15) is 11.7 Å². The van der Waals surface area contributed by atoms with Crippen molar-refractivity contribution in [3.8, 4) is 5.75 Å². The zero-order valence-electron chi connectivity index (χ0n) is 17.8. The van der Waals surface area contributed by atoms with Gasteiger partial charge in [-0.2, -0.15) is 5.10 Å². The van der Waals surface area contributed by atoms with Crippen LogP contribution in [0.25, 0.3) is 21.5 Å². The average Bonchev–Trinajstić information content (AvgIpc) is 2.83. The molecule has 0 saturated carbocycles. The van der Waals surface area contributed by atoms with Crippen LogP contribution in [-0.4, -0.2) is 25.1 Å². The molecule has 0 fully saturated rings. The summed E-state index contributed by atoms with van der Waals surface area (Å²) in [5.74, 6) is -1.14. The van der Waals surface area contributed by atoms with E-state index in [-0.39, 0.29) is 0 Å². The molecular formula is C26H23N3O3. The Kier molecular flexibility index (Phi) is 6.12. The molecule has 0 spiro atoms. The van der Waals surface area contributed by atoms with Gasteiger partial charge in [-0.05, 0) is 58.8 Å². The number of anilines is 1. The molecule has 4 aromatic carbocycles. The Bertz CT molecular complexity index is 1260. The normalized spacial score (nSPS) is 12.1. The number of methoxy groups -OCH3 is 1. The van der Waals surface area contributed by atoms with Gasteiger partial charge in [-0.25, -0.2) is 5.43 Å². The van der Waals surface area contributed by atoms with Crippen LogP contribution in [0.2, 0.25) is 0 Å². The Morgan fingerprint density at radius 1 is 0.875 bits per heavy atom. The standard InChI is InChI=1S/C26H23N3O3/c1-17(25(30)28-20-11-13-21(32-2)14-12-20)26(31)29-27-16-24-22-9-5-3-7-18(22)15-19-8-4-6-10-23(19)24/h3-17H,1-2H3,(H,28,30)(H,29,31). The topological polar surface area (TPSA) is 79.8 Å². The van der Waals surface area contributed by atoms with Crippen LogP contribution >= 0.6 is 0 Å². The van der Waals surface area contributed by atoms with E-state index < -0.39 is 17.7 Å². The summed E-state index contributed by atoms with van der Waals surface area (Å²) < 4.78 is 5.10. The van der Waals surface area contributed by atoms with Gasteiger partial charge in [0.25, 0.3) is 5.91 Å². The number of hydrazone groups is 1. The summed E-state index contributed by atoms with van der Waals surface area (Å²) in [6.45, 7) is 1.54. The number of carbonyl (C=O) groups is 2. The van der Waals surface area contributed by atoms with E-state index in [9.17, 15) is 9.59 Å². The van der Waals surface area contributed by atoms with E-state index in [1.54, 1.807) is 37.6 Å². The largest absolute Gasteiger partial charge is 0.497 e. The minimum atomic E-state index is -0.918. The van der Waals surface area contributed by atoms with E-state index in [2.05, 4.69) is 21.9 Å². The van der Waals surface area contributed by atoms with Crippen molar-refractivity contribution in [3.05, 3.63) is 84.4 Å². The maximum Gasteiger partial charge on any atom is 0.252 e. The van der Waals surface area contributed by atoms with Crippen LogP contribution in [0.3, 0.4) is 0 Å². The van der Waals surface area contributed by atoms with Crippen LogP contribution < -0.4 is 15.5 Å². The van der Waals surface area contributed by atoms with Crippen molar-refractivity contribution in [2.45, 2.75) is 6.92 Å². The molecule has 0 aromatic heterocycles. The lowest BCUT2D eigenvalue weighted by atomic mass is 9.97. The quantitative estimate of drug-likeness (QED) is 0.203. The summed E-state index contributed by atoms with van der Waals surface area (Å²) in [6, 6.07) is 25.1. The predicted molar refractivity (Wildman–Crippen MR) is 128 cm³/mol. The number of nitrogens with one attached hydrogen (secondary N) is 2. The van der Waals surface area contributed by atoms with Crippen LogP contribution in [0, 0.1) is 5.92 Å². The first kappa shape index (κ1) is 21.1. The number of hydrogen-bond acceptors (Lipinski definition) is 4. The molecule has 6 heteroatoms. The fourth-order valence-corrected chi connectivity index (χ4v) is 3.49. The maximum absolute atomic E-state index is 12.5. The number of amides is 2. The van der Waals surface area contributed by atoms with Gasteiger partial charge in [0.05, 0.1) is 13.3 Å². The molecule has 2 N–H and O–H groups in total. The highest BCUT2D eigenvalue weighted by Gasteiger charge is 2.21. The second-order valence-electron chi connectivity index (χ2n) is 7.41. The summed E-state index contributed by atoms with van der Waals surface area (Å²) in [5, 5.41) is 11.1. The van der Waals surface area contributed by atoms with E-state index in [1.165, 1.54) is 6.92 Å². The number of carbonyl (C=O) groups excluding carboxylic acids is 2. The molecular weight excluding hydrogens is 402 g/mol. The molecule has 0 aliphatic carbocycles. The second kappa shape index (κ2) is 9.31. The number of benzene rings is 4. The van der Waals surface area contributed by atoms with E-state index in [0.29, 0.717) is 11.4 Å². The van der Waals surface area contributed by atoms with Crippen molar-refractivity contribution >= 4 is 45.3 Å². The molecule has 4 rings (SSSR count). The maximum atomic E-state index is 12.5. The van der Waals surface area contributed by atoms with Crippen LogP contribution in [0.1, 0.15) is 12.5 Å². The van der Waals surface area contributed by atoms with Crippen molar-refractivity contribution < 1.29 is 14.3 Å². The zero-order valence-corrected chi connectivity index (χ0v) is 17.8. The Hall–Kier alpha value is -4.19. The number of ether oxygens (including phenoxy) is 1. The van der Waals surface area contributed by atoms with Crippen molar-refractivity contribution in [1.82, 2.24) is 5.43 Å². The summed E-state index contributed by atoms with van der Waals surface area (Å²) in [7, 11) is 1.57. The van der Waals surface area contributed by atoms with Crippen molar-refractivity contribution in [2.24, 2.45) is 11.0 Å². The SMILES string of the molecule is COc1ccc(NC(=O)C(C)C(=O)NN=Cc2c3ccccc3cc3ccccc23)cc1. The van der Waals surface area contributed by atoms with Crippen molar-refractivity contribution in [2.75, 3.05) is 12.4 Å². The van der Waals surface area contributed by atoms with Crippen molar-refractivity contribution in [1.29, 1.82) is 0 Å². The molecule has 0 saturated heterocycles. The molecule has 32 heavy (non-hydrogen) atoms. The number of rotatable bonds is 6. The van der Waals surface area contributed by atoms with E-state index in [0.717, 1.165) is 27.1 Å². The predicted octanol–water partition coefficient (Wildman–Crippen LogP) is 4.73. The Morgan fingerprint density at radius 3 is 2.06 bits per heavy atom. The highest BCUT2D eigenvalue weighted by Crippen LogP contribution is 2.27. The lowest BCUT2D eigenvalue weighted by molar-refractivity contribution is -0.131. The lowest BCUT2D eigenvalue weighted by Gasteiger charge is -2.11. The molecule has 0 aliphatic rings. The monoisotopic (exact) mass is 425 g/mol. The van der Waals surface area contributed by atoms with Gasteiger partial charge in [-0.15, -0.1) is 0 Å². The minimum absolute atomic E-state index is 0.418. The third kappa shape index (κ3) is 4.44. The van der Waals surface area contributed by atoms with E-state index in [1.807, 2.05) is 48.5 Å². The van der Waals surface area contributed by atoms with Crippen LogP contribution in [0.5, 0.6) is 5.75 Å². The molecule has 160 valence electrons. The third-order valence-corrected chi connectivity index (χ3v) is 5.33. The highest BCUT2D eigenvalue weighted by atomic mass is 16.5. The van der Waals surface area contributed by atoms with Gasteiger partial charge in [0, 0.05) is 11.3 Å². The van der Waals surface area contributed by atoms with Crippen LogP contribution in [-0.2, 0) is 9.59 Å². The number of fused-ring (bicyclic) bond motifs is 2. The molecule has 1 unspecified atom stereocenters.